The number of thiophene rings is 1. The molecule has 68 valence electrons. The number of phenolic OH excluding ortho intramolecular Hbond substituents is 1. The second kappa shape index (κ2) is 3.20. The number of benzene rings is 1. The van der Waals surface area contributed by atoms with Crippen LogP contribution in [0.25, 0.3) is 10.1 Å². The maximum atomic E-state index is 9.40. The molecule has 0 fully saturated rings. The molecule has 3 N–H and O–H groups in total. The van der Waals surface area contributed by atoms with E-state index >= 15 is 0 Å². The van der Waals surface area contributed by atoms with Crippen LogP contribution in [0.2, 0.25) is 0 Å². The third-order valence-electron chi connectivity index (χ3n) is 1.91. The number of hydrogen-bond donors (Lipinski definition) is 2. The molecular weight excluding hydrogens is 250 g/mol. The van der Waals surface area contributed by atoms with Gasteiger partial charge >= 0.3 is 0 Å². The Morgan fingerprint density at radius 3 is 2.92 bits per heavy atom. The van der Waals surface area contributed by atoms with Gasteiger partial charge in [-0.25, -0.2) is 0 Å². The van der Waals surface area contributed by atoms with E-state index in [1.807, 2.05) is 5.38 Å². The summed E-state index contributed by atoms with van der Waals surface area (Å²) in [7, 11) is 0. The van der Waals surface area contributed by atoms with Gasteiger partial charge in [0.1, 0.15) is 5.75 Å². The van der Waals surface area contributed by atoms with E-state index in [2.05, 4.69) is 15.9 Å². The Bertz CT molecular complexity index is 452. The molecule has 0 saturated carbocycles. The maximum Gasteiger partial charge on any atom is 0.117 e. The predicted molar refractivity (Wildman–Crippen MR) is 60.5 cm³/mol. The van der Waals surface area contributed by atoms with Gasteiger partial charge in [-0.1, -0.05) is 15.9 Å². The molecule has 2 nitrogen and oxygen atoms in total. The summed E-state index contributed by atoms with van der Waals surface area (Å²) in [6.45, 7) is 0. The first kappa shape index (κ1) is 8.84. The summed E-state index contributed by atoms with van der Waals surface area (Å²) in [5.74, 6) is 0.295. The monoisotopic (exact) mass is 257 g/mol. The number of rotatable bonds is 1. The Morgan fingerprint density at radius 2 is 2.23 bits per heavy atom. The molecule has 0 saturated heterocycles. The molecule has 1 aromatic heterocycles. The number of anilines is 1. The minimum absolute atomic E-state index is 0.295. The molecule has 0 amide bonds. The summed E-state index contributed by atoms with van der Waals surface area (Å²) in [6.07, 6.45) is 0. The fourth-order valence-corrected chi connectivity index (χ4v) is 2.74. The van der Waals surface area contributed by atoms with E-state index in [4.69, 9.17) is 5.73 Å². The summed E-state index contributed by atoms with van der Waals surface area (Å²) >= 11 is 4.92. The van der Waals surface area contributed by atoms with Crippen LogP contribution in [0.15, 0.2) is 17.5 Å². The molecule has 2 aromatic rings. The highest BCUT2D eigenvalue weighted by molar-refractivity contribution is 9.08. The molecular formula is C9H8BrNOS. The van der Waals surface area contributed by atoms with Gasteiger partial charge in [0.25, 0.3) is 0 Å². The summed E-state index contributed by atoms with van der Waals surface area (Å²) < 4.78 is 1.03. The zero-order valence-electron chi connectivity index (χ0n) is 6.75. The first-order valence-corrected chi connectivity index (χ1v) is 5.77. The number of aromatic hydroxyl groups is 1. The molecule has 4 heteroatoms. The van der Waals surface area contributed by atoms with Gasteiger partial charge in [0.2, 0.25) is 0 Å². The standard InChI is InChI=1S/C9H8BrNOS/c10-3-5-1-6(12)2-8-9(5)7(11)4-13-8/h1-2,4,12H,3,11H2. The van der Waals surface area contributed by atoms with E-state index < -0.39 is 0 Å². The van der Waals surface area contributed by atoms with Crippen molar-refractivity contribution in [2.24, 2.45) is 0 Å². The van der Waals surface area contributed by atoms with Gasteiger partial charge in [0.05, 0.1) is 5.69 Å². The molecule has 13 heavy (non-hydrogen) atoms. The highest BCUT2D eigenvalue weighted by Crippen LogP contribution is 2.35. The van der Waals surface area contributed by atoms with Gasteiger partial charge < -0.3 is 10.8 Å². The van der Waals surface area contributed by atoms with E-state index in [1.54, 1.807) is 23.5 Å². The quantitative estimate of drug-likeness (QED) is 0.772. The van der Waals surface area contributed by atoms with Gasteiger partial charge in [-0.3, -0.25) is 0 Å². The summed E-state index contributed by atoms with van der Waals surface area (Å²) in [5.41, 5.74) is 7.63. The molecule has 0 aliphatic heterocycles. The molecule has 1 aromatic carbocycles. The van der Waals surface area contributed by atoms with Crippen LogP contribution in [-0.4, -0.2) is 5.11 Å². The van der Waals surface area contributed by atoms with E-state index in [9.17, 15) is 5.11 Å². The number of phenols is 1. The zero-order chi connectivity index (χ0) is 9.42. The van der Waals surface area contributed by atoms with Crippen LogP contribution in [-0.2, 0) is 5.33 Å². The summed E-state index contributed by atoms with van der Waals surface area (Å²) in [6, 6.07) is 3.47. The number of halogens is 1. The van der Waals surface area contributed by atoms with E-state index in [0.29, 0.717) is 11.1 Å². The molecule has 0 aliphatic carbocycles. The van der Waals surface area contributed by atoms with Crippen molar-refractivity contribution in [3.05, 3.63) is 23.1 Å². The number of nitrogen functional groups attached to an aromatic ring is 1. The molecule has 0 spiro atoms. The van der Waals surface area contributed by atoms with Crippen LogP contribution in [0.4, 0.5) is 5.69 Å². The van der Waals surface area contributed by atoms with Crippen molar-refractivity contribution in [2.75, 3.05) is 5.73 Å². The Hall–Kier alpha value is -0.740. The fraction of sp³-hybridized carbons (Fsp3) is 0.111. The minimum Gasteiger partial charge on any atom is -0.508 e. The minimum atomic E-state index is 0.295. The van der Waals surface area contributed by atoms with Gasteiger partial charge in [0.15, 0.2) is 0 Å². The Kier molecular flexibility index (Phi) is 2.17. The first-order valence-electron chi connectivity index (χ1n) is 3.77. The van der Waals surface area contributed by atoms with Gasteiger partial charge in [-0.15, -0.1) is 11.3 Å². The van der Waals surface area contributed by atoms with E-state index in [-0.39, 0.29) is 0 Å². The predicted octanol–water partition coefficient (Wildman–Crippen LogP) is 3.08. The topological polar surface area (TPSA) is 46.2 Å². The maximum absolute atomic E-state index is 9.40. The zero-order valence-corrected chi connectivity index (χ0v) is 9.15. The van der Waals surface area contributed by atoms with Crippen LogP contribution in [0.3, 0.4) is 0 Å². The van der Waals surface area contributed by atoms with Crippen LogP contribution < -0.4 is 5.73 Å². The highest BCUT2D eigenvalue weighted by Gasteiger charge is 2.07. The molecule has 2 rings (SSSR count). The van der Waals surface area contributed by atoms with Crippen molar-refractivity contribution >= 4 is 43.0 Å². The Balaban J connectivity index is 2.85. The van der Waals surface area contributed by atoms with Crippen LogP contribution in [0.1, 0.15) is 5.56 Å². The number of alkyl halides is 1. The SMILES string of the molecule is Nc1csc2cc(O)cc(CBr)c12. The molecule has 0 aliphatic rings. The largest absolute Gasteiger partial charge is 0.508 e. The molecule has 0 bridgehead atoms. The number of nitrogens with two attached hydrogens (primary N) is 1. The smallest absolute Gasteiger partial charge is 0.117 e. The lowest BCUT2D eigenvalue weighted by Gasteiger charge is -2.01. The first-order chi connectivity index (χ1) is 6.22. The second-order valence-corrected chi connectivity index (χ2v) is 4.27. The molecule has 0 radical (unpaired) electrons. The van der Waals surface area contributed by atoms with Crippen LogP contribution in [0, 0.1) is 0 Å². The number of fused-ring (bicyclic) bond motifs is 1. The van der Waals surface area contributed by atoms with Crippen molar-refractivity contribution in [3.8, 4) is 5.75 Å². The lowest BCUT2D eigenvalue weighted by molar-refractivity contribution is 0.476. The van der Waals surface area contributed by atoms with Crippen molar-refractivity contribution in [1.29, 1.82) is 0 Å². The Labute approximate surface area is 88.1 Å². The van der Waals surface area contributed by atoms with Gasteiger partial charge in [-0.2, -0.15) is 0 Å². The summed E-state index contributed by atoms with van der Waals surface area (Å²) in [5, 5.41) is 13.1. The number of hydrogen-bond acceptors (Lipinski definition) is 3. The highest BCUT2D eigenvalue weighted by atomic mass is 79.9. The third-order valence-corrected chi connectivity index (χ3v) is 3.47. The average molecular weight is 258 g/mol. The Morgan fingerprint density at radius 1 is 1.46 bits per heavy atom. The van der Waals surface area contributed by atoms with Crippen molar-refractivity contribution in [3.63, 3.8) is 0 Å². The normalized spacial score (nSPS) is 10.8. The fourth-order valence-electron chi connectivity index (χ4n) is 1.37. The van der Waals surface area contributed by atoms with Crippen LogP contribution in [0.5, 0.6) is 5.75 Å². The lowest BCUT2D eigenvalue weighted by atomic mass is 10.1. The molecule has 1 heterocycles. The van der Waals surface area contributed by atoms with Crippen molar-refractivity contribution in [2.45, 2.75) is 5.33 Å². The second-order valence-electron chi connectivity index (χ2n) is 2.80. The van der Waals surface area contributed by atoms with Crippen LogP contribution >= 0.6 is 27.3 Å². The average Bonchev–Trinajstić information content (AvgIpc) is 2.46. The third kappa shape index (κ3) is 1.40. The van der Waals surface area contributed by atoms with Gasteiger partial charge in [-0.05, 0) is 17.7 Å². The summed E-state index contributed by atoms with van der Waals surface area (Å²) in [4.78, 5) is 0. The lowest BCUT2D eigenvalue weighted by Crippen LogP contribution is -1.85. The molecule has 0 unspecified atom stereocenters. The van der Waals surface area contributed by atoms with Crippen molar-refractivity contribution < 1.29 is 5.11 Å². The van der Waals surface area contributed by atoms with Crippen molar-refractivity contribution in [1.82, 2.24) is 0 Å². The molecule has 0 atom stereocenters. The van der Waals surface area contributed by atoms with Gasteiger partial charge in [0, 0.05) is 20.8 Å². The van der Waals surface area contributed by atoms with E-state index in [1.165, 1.54) is 0 Å². The van der Waals surface area contributed by atoms with E-state index in [0.717, 1.165) is 21.3 Å².